The highest BCUT2D eigenvalue weighted by molar-refractivity contribution is 6.30. The lowest BCUT2D eigenvalue weighted by atomic mass is 10.1. The van der Waals surface area contributed by atoms with Crippen molar-refractivity contribution >= 4 is 23.2 Å². The van der Waals surface area contributed by atoms with Crippen molar-refractivity contribution in [2.75, 3.05) is 31.1 Å². The predicted octanol–water partition coefficient (Wildman–Crippen LogP) is 4.38. The Hall–Kier alpha value is -2.20. The average Bonchev–Trinajstić information content (AvgIpc) is 2.66. The van der Waals surface area contributed by atoms with Gasteiger partial charge in [0.2, 0.25) is 0 Å². The van der Waals surface area contributed by atoms with E-state index in [1.54, 1.807) is 0 Å². The Morgan fingerprint density at radius 3 is 2.30 bits per heavy atom. The van der Waals surface area contributed by atoms with E-state index in [4.69, 9.17) is 16.3 Å². The van der Waals surface area contributed by atoms with E-state index in [-0.39, 0.29) is 5.91 Å². The van der Waals surface area contributed by atoms with Crippen LogP contribution in [0.25, 0.3) is 0 Å². The van der Waals surface area contributed by atoms with Crippen molar-refractivity contribution in [2.45, 2.75) is 33.8 Å². The quantitative estimate of drug-likeness (QED) is 0.781. The molecule has 0 aliphatic carbocycles. The maximum absolute atomic E-state index is 12.8. The second-order valence-electron chi connectivity index (χ2n) is 7.25. The molecule has 3 rings (SSSR count). The highest BCUT2D eigenvalue weighted by Gasteiger charge is 2.26. The number of aryl methyl sites for hydroxylation is 3. The summed E-state index contributed by atoms with van der Waals surface area (Å²) < 4.78 is 5.89. The molecule has 0 aromatic heterocycles. The van der Waals surface area contributed by atoms with E-state index in [0.717, 1.165) is 35.1 Å². The number of piperazine rings is 1. The number of benzene rings is 2. The summed E-state index contributed by atoms with van der Waals surface area (Å²) in [5.41, 5.74) is 4.73. The van der Waals surface area contributed by atoms with Gasteiger partial charge in [-0.1, -0.05) is 23.7 Å². The number of hydrogen-bond donors (Lipinski definition) is 0. The molecular formula is C22H27ClN2O2. The summed E-state index contributed by atoms with van der Waals surface area (Å²) in [5.74, 6) is 0.780. The van der Waals surface area contributed by atoms with E-state index in [1.807, 2.05) is 55.1 Å². The van der Waals surface area contributed by atoms with Gasteiger partial charge in [-0.3, -0.25) is 4.79 Å². The standard InChI is InChI=1S/C22H27ClN2O2/c1-15-6-8-20(13-17(15)3)27-18(4)22(26)25-11-9-24(10-12-25)21-14-19(23)7-5-16(21)2/h5-8,13-14,18H,9-12H2,1-4H3/t18-/m0/s1. The zero-order chi connectivity index (χ0) is 19.6. The average molecular weight is 387 g/mol. The van der Waals surface area contributed by atoms with Crippen LogP contribution < -0.4 is 9.64 Å². The molecule has 1 fully saturated rings. The van der Waals surface area contributed by atoms with Crippen LogP contribution in [0.15, 0.2) is 36.4 Å². The maximum Gasteiger partial charge on any atom is 0.263 e. The third-order valence-electron chi connectivity index (χ3n) is 5.24. The molecule has 0 spiro atoms. The van der Waals surface area contributed by atoms with E-state index in [1.165, 1.54) is 11.1 Å². The molecule has 1 atom stereocenters. The molecule has 1 amide bonds. The van der Waals surface area contributed by atoms with E-state index in [9.17, 15) is 4.79 Å². The Bertz CT molecular complexity index is 829. The molecule has 27 heavy (non-hydrogen) atoms. The third-order valence-corrected chi connectivity index (χ3v) is 5.48. The number of carbonyl (C=O) groups excluding carboxylic acids is 1. The summed E-state index contributed by atoms with van der Waals surface area (Å²) in [4.78, 5) is 17.0. The van der Waals surface area contributed by atoms with Crippen LogP contribution in [0.5, 0.6) is 5.75 Å². The molecule has 2 aromatic rings. The zero-order valence-corrected chi connectivity index (χ0v) is 17.2. The van der Waals surface area contributed by atoms with Gasteiger partial charge in [0.25, 0.3) is 5.91 Å². The van der Waals surface area contributed by atoms with Crippen LogP contribution >= 0.6 is 11.6 Å². The first-order valence-electron chi connectivity index (χ1n) is 9.39. The third kappa shape index (κ3) is 4.56. The number of rotatable bonds is 4. The Balaban J connectivity index is 1.59. The fraction of sp³-hybridized carbons (Fsp3) is 0.409. The second-order valence-corrected chi connectivity index (χ2v) is 7.69. The first-order chi connectivity index (χ1) is 12.8. The van der Waals surface area contributed by atoms with Crippen molar-refractivity contribution in [1.29, 1.82) is 0 Å². The molecule has 0 bridgehead atoms. The minimum atomic E-state index is -0.494. The SMILES string of the molecule is Cc1ccc(O[C@@H](C)C(=O)N2CCN(c3cc(Cl)ccc3C)CC2)cc1C. The van der Waals surface area contributed by atoms with Gasteiger partial charge in [0.15, 0.2) is 6.10 Å². The zero-order valence-electron chi connectivity index (χ0n) is 16.5. The number of amides is 1. The smallest absolute Gasteiger partial charge is 0.263 e. The number of ether oxygens (including phenoxy) is 1. The number of anilines is 1. The van der Waals surface area contributed by atoms with Crippen molar-refractivity contribution in [1.82, 2.24) is 4.90 Å². The lowest BCUT2D eigenvalue weighted by Crippen LogP contribution is -2.52. The molecule has 1 heterocycles. The topological polar surface area (TPSA) is 32.8 Å². The summed E-state index contributed by atoms with van der Waals surface area (Å²) in [7, 11) is 0. The molecule has 0 N–H and O–H groups in total. The van der Waals surface area contributed by atoms with Gasteiger partial charge in [-0.2, -0.15) is 0 Å². The predicted molar refractivity (Wildman–Crippen MR) is 111 cm³/mol. The highest BCUT2D eigenvalue weighted by Crippen LogP contribution is 2.25. The Kier molecular flexibility index (Phi) is 5.95. The second kappa shape index (κ2) is 8.22. The molecule has 1 saturated heterocycles. The Labute approximate surface area is 166 Å². The van der Waals surface area contributed by atoms with E-state index in [2.05, 4.69) is 18.7 Å². The van der Waals surface area contributed by atoms with Crippen LogP contribution in [-0.2, 0) is 4.79 Å². The van der Waals surface area contributed by atoms with Gasteiger partial charge < -0.3 is 14.5 Å². The largest absolute Gasteiger partial charge is 0.481 e. The highest BCUT2D eigenvalue weighted by atomic mass is 35.5. The molecule has 1 aliphatic heterocycles. The molecule has 2 aromatic carbocycles. The van der Waals surface area contributed by atoms with Crippen LogP contribution in [0, 0.1) is 20.8 Å². The maximum atomic E-state index is 12.8. The number of hydrogen-bond acceptors (Lipinski definition) is 3. The van der Waals surface area contributed by atoms with E-state index < -0.39 is 6.10 Å². The van der Waals surface area contributed by atoms with Gasteiger partial charge in [0, 0.05) is 36.9 Å². The lowest BCUT2D eigenvalue weighted by molar-refractivity contribution is -0.138. The van der Waals surface area contributed by atoms with E-state index >= 15 is 0 Å². The molecule has 5 heteroatoms. The number of carbonyl (C=O) groups is 1. The summed E-state index contributed by atoms with van der Waals surface area (Å²) in [6.07, 6.45) is -0.494. The van der Waals surface area contributed by atoms with Crippen LogP contribution in [0.1, 0.15) is 23.6 Å². The monoisotopic (exact) mass is 386 g/mol. The van der Waals surface area contributed by atoms with Crippen LogP contribution in [-0.4, -0.2) is 43.1 Å². The molecule has 0 saturated carbocycles. The van der Waals surface area contributed by atoms with Crippen LogP contribution in [0.3, 0.4) is 0 Å². The first kappa shape index (κ1) is 19.6. The number of nitrogens with zero attached hydrogens (tertiary/aromatic N) is 2. The molecule has 0 radical (unpaired) electrons. The molecular weight excluding hydrogens is 360 g/mol. The first-order valence-corrected chi connectivity index (χ1v) is 9.77. The van der Waals surface area contributed by atoms with Crippen molar-refractivity contribution in [3.05, 3.63) is 58.1 Å². The fourth-order valence-electron chi connectivity index (χ4n) is 3.39. The van der Waals surface area contributed by atoms with Crippen LogP contribution in [0.4, 0.5) is 5.69 Å². The molecule has 1 aliphatic rings. The fourth-order valence-corrected chi connectivity index (χ4v) is 3.56. The summed E-state index contributed by atoms with van der Waals surface area (Å²) in [6, 6.07) is 11.9. The van der Waals surface area contributed by atoms with Gasteiger partial charge in [-0.05, 0) is 68.7 Å². The van der Waals surface area contributed by atoms with Gasteiger partial charge in [-0.25, -0.2) is 0 Å². The van der Waals surface area contributed by atoms with Crippen LogP contribution in [0.2, 0.25) is 5.02 Å². The van der Waals surface area contributed by atoms with Crippen molar-refractivity contribution in [3.8, 4) is 5.75 Å². The minimum absolute atomic E-state index is 0.0377. The Morgan fingerprint density at radius 2 is 1.63 bits per heavy atom. The number of halogens is 1. The van der Waals surface area contributed by atoms with Gasteiger partial charge in [-0.15, -0.1) is 0 Å². The molecule has 4 nitrogen and oxygen atoms in total. The summed E-state index contributed by atoms with van der Waals surface area (Å²) >= 11 is 6.15. The van der Waals surface area contributed by atoms with E-state index in [0.29, 0.717) is 13.1 Å². The molecule has 0 unspecified atom stereocenters. The summed E-state index contributed by atoms with van der Waals surface area (Å²) in [5, 5.41) is 0.740. The lowest BCUT2D eigenvalue weighted by Gasteiger charge is -2.37. The van der Waals surface area contributed by atoms with Crippen molar-refractivity contribution in [2.24, 2.45) is 0 Å². The minimum Gasteiger partial charge on any atom is -0.481 e. The van der Waals surface area contributed by atoms with Gasteiger partial charge in [0.1, 0.15) is 5.75 Å². The summed E-state index contributed by atoms with van der Waals surface area (Å²) in [6.45, 7) is 11.0. The van der Waals surface area contributed by atoms with Crippen molar-refractivity contribution in [3.63, 3.8) is 0 Å². The van der Waals surface area contributed by atoms with Crippen molar-refractivity contribution < 1.29 is 9.53 Å². The van der Waals surface area contributed by atoms with Gasteiger partial charge in [0.05, 0.1) is 0 Å². The normalized spacial score (nSPS) is 15.6. The Morgan fingerprint density at radius 1 is 0.963 bits per heavy atom. The molecule has 144 valence electrons. The van der Waals surface area contributed by atoms with Gasteiger partial charge >= 0.3 is 0 Å².